The SMILES string of the molecule is FC(F)(Br)C(F)(Br)CCCl. The van der Waals surface area contributed by atoms with Crippen LogP contribution < -0.4 is 0 Å². The molecule has 0 rings (SSSR count). The van der Waals surface area contributed by atoms with Crippen LogP contribution in [0.1, 0.15) is 6.42 Å². The van der Waals surface area contributed by atoms with Crippen LogP contribution in [0.25, 0.3) is 0 Å². The molecule has 0 spiro atoms. The van der Waals surface area contributed by atoms with Gasteiger partial charge in [-0.2, -0.15) is 8.78 Å². The highest BCUT2D eigenvalue weighted by molar-refractivity contribution is 9.12. The first-order valence-corrected chi connectivity index (χ1v) is 4.44. The number of hydrogen-bond donors (Lipinski definition) is 0. The second-order valence-electron chi connectivity index (χ2n) is 1.64. The highest BCUT2D eigenvalue weighted by atomic mass is 79.9. The highest BCUT2D eigenvalue weighted by Crippen LogP contribution is 2.45. The molecule has 0 aliphatic heterocycles. The monoisotopic (exact) mass is 302 g/mol. The largest absolute Gasteiger partial charge is 0.344 e. The maximum absolute atomic E-state index is 12.6. The van der Waals surface area contributed by atoms with Crippen LogP contribution in [0.3, 0.4) is 0 Å². The van der Waals surface area contributed by atoms with Gasteiger partial charge in [-0.25, -0.2) is 4.39 Å². The lowest BCUT2D eigenvalue weighted by Crippen LogP contribution is -2.33. The number of rotatable bonds is 3. The first kappa shape index (κ1) is 11.0. The van der Waals surface area contributed by atoms with Crippen LogP contribution in [0.5, 0.6) is 0 Å². The Morgan fingerprint density at radius 1 is 1.20 bits per heavy atom. The molecule has 0 saturated heterocycles. The zero-order valence-corrected chi connectivity index (χ0v) is 8.61. The van der Waals surface area contributed by atoms with Crippen molar-refractivity contribution in [1.29, 1.82) is 0 Å². The third-order valence-electron chi connectivity index (χ3n) is 0.823. The average Bonchev–Trinajstić information content (AvgIpc) is 1.61. The molecule has 0 saturated carbocycles. The maximum Gasteiger partial charge on any atom is 0.344 e. The van der Waals surface area contributed by atoms with E-state index in [1.54, 1.807) is 0 Å². The molecule has 0 amide bonds. The number of alkyl halides is 6. The Labute approximate surface area is 78.4 Å². The van der Waals surface area contributed by atoms with Crippen molar-refractivity contribution in [3.63, 3.8) is 0 Å². The predicted molar refractivity (Wildman–Crippen MR) is 42.0 cm³/mol. The van der Waals surface area contributed by atoms with Crippen molar-refractivity contribution in [2.45, 2.75) is 15.8 Å². The van der Waals surface area contributed by atoms with Crippen LogP contribution in [0.4, 0.5) is 13.2 Å². The highest BCUT2D eigenvalue weighted by Gasteiger charge is 2.50. The molecule has 0 aromatic rings. The smallest absolute Gasteiger partial charge is 0.224 e. The van der Waals surface area contributed by atoms with Crippen molar-refractivity contribution in [3.05, 3.63) is 0 Å². The zero-order chi connectivity index (χ0) is 8.41. The normalized spacial score (nSPS) is 18.6. The fourth-order valence-corrected chi connectivity index (χ4v) is 1.15. The van der Waals surface area contributed by atoms with E-state index >= 15 is 0 Å². The van der Waals surface area contributed by atoms with Gasteiger partial charge in [0.25, 0.3) is 0 Å². The predicted octanol–water partition coefficient (Wildman–Crippen LogP) is 3.66. The molecule has 0 N–H and O–H groups in total. The molecule has 0 heterocycles. The van der Waals surface area contributed by atoms with E-state index in [0.29, 0.717) is 0 Å². The molecule has 0 radical (unpaired) electrons. The molecular formula is C4H4Br2ClF3. The molecule has 0 fully saturated rings. The summed E-state index contributed by atoms with van der Waals surface area (Å²) >= 11 is 9.17. The summed E-state index contributed by atoms with van der Waals surface area (Å²) in [6, 6.07) is 0. The van der Waals surface area contributed by atoms with Gasteiger partial charge in [-0.3, -0.25) is 0 Å². The van der Waals surface area contributed by atoms with E-state index < -0.39 is 15.8 Å². The summed E-state index contributed by atoms with van der Waals surface area (Å²) in [5.74, 6) is -0.164. The summed E-state index contributed by atoms with van der Waals surface area (Å²) in [4.78, 5) is -3.57. The summed E-state index contributed by atoms with van der Waals surface area (Å²) in [6.07, 6.45) is -0.452. The lowest BCUT2D eigenvalue weighted by atomic mass is 10.3. The van der Waals surface area contributed by atoms with E-state index in [1.807, 2.05) is 15.9 Å². The van der Waals surface area contributed by atoms with Crippen molar-refractivity contribution in [2.24, 2.45) is 0 Å². The Hall–Kier alpha value is 1.04. The van der Waals surface area contributed by atoms with Gasteiger partial charge in [0.1, 0.15) is 0 Å². The third-order valence-corrected chi connectivity index (χ3v) is 3.07. The van der Waals surface area contributed by atoms with Crippen molar-refractivity contribution >= 4 is 43.5 Å². The van der Waals surface area contributed by atoms with Crippen LogP contribution in [0, 0.1) is 0 Å². The molecule has 1 unspecified atom stereocenters. The summed E-state index contributed by atoms with van der Waals surface area (Å²) in [5.41, 5.74) is 0. The van der Waals surface area contributed by atoms with Crippen molar-refractivity contribution in [2.75, 3.05) is 5.88 Å². The van der Waals surface area contributed by atoms with Crippen LogP contribution in [-0.4, -0.2) is 15.3 Å². The van der Waals surface area contributed by atoms with Gasteiger partial charge >= 0.3 is 4.83 Å². The average molecular weight is 304 g/mol. The first-order valence-electron chi connectivity index (χ1n) is 2.32. The molecular weight excluding hydrogens is 300 g/mol. The van der Waals surface area contributed by atoms with Gasteiger partial charge in [0.15, 0.2) is 0 Å². The molecule has 0 aromatic carbocycles. The zero-order valence-electron chi connectivity index (χ0n) is 4.68. The summed E-state index contributed by atoms with van der Waals surface area (Å²) in [6.45, 7) is 0. The van der Waals surface area contributed by atoms with Gasteiger partial charge in [0, 0.05) is 12.3 Å². The van der Waals surface area contributed by atoms with E-state index in [2.05, 4.69) is 15.9 Å². The maximum atomic E-state index is 12.6. The molecule has 0 aliphatic carbocycles. The fourth-order valence-electron chi connectivity index (χ4n) is 0.260. The van der Waals surface area contributed by atoms with Gasteiger partial charge in [-0.1, -0.05) is 0 Å². The molecule has 0 nitrogen and oxygen atoms in total. The minimum absolute atomic E-state index is 0.164. The summed E-state index contributed by atoms with van der Waals surface area (Å²) < 4.78 is 34.1. The van der Waals surface area contributed by atoms with Crippen LogP contribution >= 0.6 is 43.5 Å². The van der Waals surface area contributed by atoms with Crippen molar-refractivity contribution < 1.29 is 13.2 Å². The molecule has 10 heavy (non-hydrogen) atoms. The Balaban J connectivity index is 4.10. The van der Waals surface area contributed by atoms with E-state index in [4.69, 9.17) is 11.6 Å². The van der Waals surface area contributed by atoms with E-state index in [1.165, 1.54) is 0 Å². The van der Waals surface area contributed by atoms with E-state index in [0.717, 1.165) is 0 Å². The quantitative estimate of drug-likeness (QED) is 0.698. The minimum atomic E-state index is -3.57. The Morgan fingerprint density at radius 3 is 1.70 bits per heavy atom. The molecule has 0 aliphatic rings. The van der Waals surface area contributed by atoms with E-state index in [9.17, 15) is 13.2 Å². The van der Waals surface area contributed by atoms with Crippen molar-refractivity contribution in [1.82, 2.24) is 0 Å². The first-order chi connectivity index (χ1) is 4.31. The van der Waals surface area contributed by atoms with Gasteiger partial charge in [0.2, 0.25) is 4.58 Å². The molecule has 6 heteroatoms. The van der Waals surface area contributed by atoms with Crippen LogP contribution in [0.2, 0.25) is 0 Å². The van der Waals surface area contributed by atoms with Gasteiger partial charge in [-0.05, 0) is 31.9 Å². The summed E-state index contributed by atoms with van der Waals surface area (Å²) in [5, 5.41) is 0. The molecule has 0 aromatic heterocycles. The standard InChI is InChI=1S/C4H4Br2ClF3/c5-3(8,1-2-7)4(6,9)10/h1-2H2. The second kappa shape index (κ2) is 3.63. The molecule has 1 atom stereocenters. The lowest BCUT2D eigenvalue weighted by Gasteiger charge is -2.21. The number of hydrogen-bond acceptors (Lipinski definition) is 0. The van der Waals surface area contributed by atoms with Crippen molar-refractivity contribution in [3.8, 4) is 0 Å². The Morgan fingerprint density at radius 2 is 1.60 bits per heavy atom. The van der Waals surface area contributed by atoms with Gasteiger partial charge in [0.05, 0.1) is 0 Å². The van der Waals surface area contributed by atoms with Gasteiger partial charge in [-0.15, -0.1) is 11.6 Å². The second-order valence-corrected chi connectivity index (χ2v) is 4.27. The fraction of sp³-hybridized carbons (Fsp3) is 1.00. The van der Waals surface area contributed by atoms with Crippen LogP contribution in [-0.2, 0) is 0 Å². The van der Waals surface area contributed by atoms with Gasteiger partial charge < -0.3 is 0 Å². The summed E-state index contributed by atoms with van der Waals surface area (Å²) in [7, 11) is 0. The lowest BCUT2D eigenvalue weighted by molar-refractivity contribution is 0.00346. The topological polar surface area (TPSA) is 0 Å². The Kier molecular flexibility index (Phi) is 4.00. The number of halogens is 6. The Bertz CT molecular complexity index is 112. The third kappa shape index (κ3) is 2.96. The van der Waals surface area contributed by atoms with E-state index in [-0.39, 0.29) is 5.88 Å². The van der Waals surface area contributed by atoms with Crippen LogP contribution in [0.15, 0.2) is 0 Å². The molecule has 62 valence electrons. The molecule has 0 bridgehead atoms. The minimum Gasteiger partial charge on any atom is -0.224 e.